The second kappa shape index (κ2) is 2.72. The predicted octanol–water partition coefficient (Wildman–Crippen LogP) is 0.807. The molecule has 0 radical (unpaired) electrons. The summed E-state index contributed by atoms with van der Waals surface area (Å²) in [6, 6.07) is 0.0466. The molecule has 2 atom stereocenters. The summed E-state index contributed by atoms with van der Waals surface area (Å²) in [5, 5.41) is 0. The number of carbonyl (C=O) groups is 1. The van der Waals surface area contributed by atoms with Gasteiger partial charge in [-0.25, -0.2) is 0 Å². The highest BCUT2D eigenvalue weighted by Gasteiger charge is 2.54. The minimum Gasteiger partial charge on any atom is -0.448 e. The maximum absolute atomic E-state index is 11.6. The van der Waals surface area contributed by atoms with E-state index in [4.69, 9.17) is 10.5 Å². The van der Waals surface area contributed by atoms with Crippen molar-refractivity contribution in [3.8, 4) is 0 Å². The fraction of sp³-hybridized carbons (Fsp3) is 0.778. The fourth-order valence-electron chi connectivity index (χ4n) is 2.45. The van der Waals surface area contributed by atoms with Gasteiger partial charge in [-0.05, 0) is 25.7 Å². The zero-order chi connectivity index (χ0) is 9.47. The third kappa shape index (κ3) is 1.04. The molecule has 1 aliphatic heterocycles. The van der Waals surface area contributed by atoms with Gasteiger partial charge in [0, 0.05) is 5.92 Å². The molecule has 0 aromatic carbocycles. The maximum atomic E-state index is 11.6. The molecule has 1 heterocycles. The molecule has 72 valence electrons. The van der Waals surface area contributed by atoms with Crippen LogP contribution < -0.4 is 5.73 Å². The summed E-state index contributed by atoms with van der Waals surface area (Å²) in [5.41, 5.74) is 4.72. The molecule has 1 aliphatic carbocycles. The number of nitrogens with two attached hydrogens (primary N) is 1. The summed E-state index contributed by atoms with van der Waals surface area (Å²) in [6.45, 7) is 2.07. The van der Waals surface area contributed by atoms with Crippen LogP contribution in [0.5, 0.6) is 0 Å². The molecule has 1 spiro atoms. The van der Waals surface area contributed by atoms with Gasteiger partial charge in [0.15, 0.2) is 5.60 Å². The van der Waals surface area contributed by atoms with Crippen molar-refractivity contribution in [2.75, 3.05) is 0 Å². The number of amides is 1. The molecule has 1 fully saturated rings. The van der Waals surface area contributed by atoms with E-state index in [1.54, 1.807) is 0 Å². The number of nitrogens with zero attached hydrogens (tertiary/aromatic N) is 1. The Labute approximate surface area is 77.2 Å². The van der Waals surface area contributed by atoms with Crippen LogP contribution in [0.3, 0.4) is 0 Å². The van der Waals surface area contributed by atoms with E-state index in [-0.39, 0.29) is 11.9 Å². The van der Waals surface area contributed by atoms with Crippen LogP contribution in [-0.4, -0.2) is 17.5 Å². The average molecular weight is 182 g/mol. The number of amidine groups is 1. The standard InChI is InChI=1S/C9H14N2O2/c1-2-6-4-3-5-9(6)7(12)11-8(10)13-9/h6H,2-5H2,1H3,(H2,10,11,12). The molecule has 4 nitrogen and oxygen atoms in total. The molecule has 0 aromatic heterocycles. The molecule has 4 heteroatoms. The van der Waals surface area contributed by atoms with E-state index in [2.05, 4.69) is 11.9 Å². The lowest BCUT2D eigenvalue weighted by Crippen LogP contribution is -2.41. The maximum Gasteiger partial charge on any atom is 0.294 e. The van der Waals surface area contributed by atoms with E-state index in [1.165, 1.54) is 0 Å². The van der Waals surface area contributed by atoms with Crippen LogP contribution in [-0.2, 0) is 9.53 Å². The van der Waals surface area contributed by atoms with Crippen molar-refractivity contribution < 1.29 is 9.53 Å². The van der Waals surface area contributed by atoms with Crippen molar-refractivity contribution >= 4 is 11.9 Å². The van der Waals surface area contributed by atoms with Crippen molar-refractivity contribution in [1.82, 2.24) is 0 Å². The van der Waals surface area contributed by atoms with Gasteiger partial charge in [-0.2, -0.15) is 4.99 Å². The summed E-state index contributed by atoms with van der Waals surface area (Å²) in [4.78, 5) is 15.2. The van der Waals surface area contributed by atoms with E-state index in [1.807, 2.05) is 0 Å². The fourth-order valence-corrected chi connectivity index (χ4v) is 2.45. The second-order valence-electron chi connectivity index (χ2n) is 3.74. The van der Waals surface area contributed by atoms with Crippen molar-refractivity contribution in [3.05, 3.63) is 0 Å². The Morgan fingerprint density at radius 1 is 1.77 bits per heavy atom. The first-order valence-electron chi connectivity index (χ1n) is 4.76. The Morgan fingerprint density at radius 2 is 2.54 bits per heavy atom. The van der Waals surface area contributed by atoms with Crippen LogP contribution >= 0.6 is 0 Å². The van der Waals surface area contributed by atoms with Gasteiger partial charge in [0.25, 0.3) is 11.9 Å². The summed E-state index contributed by atoms with van der Waals surface area (Å²) >= 11 is 0. The second-order valence-corrected chi connectivity index (χ2v) is 3.74. The monoisotopic (exact) mass is 182 g/mol. The van der Waals surface area contributed by atoms with Crippen LogP contribution in [0.2, 0.25) is 0 Å². The quantitative estimate of drug-likeness (QED) is 0.652. The summed E-state index contributed by atoms with van der Waals surface area (Å²) < 4.78 is 5.40. The highest BCUT2D eigenvalue weighted by molar-refractivity contribution is 6.01. The Kier molecular flexibility index (Phi) is 1.78. The molecule has 0 saturated heterocycles. The Hall–Kier alpha value is -1.06. The number of carbonyl (C=O) groups excluding carboxylic acids is 1. The van der Waals surface area contributed by atoms with Crippen LogP contribution in [0.4, 0.5) is 0 Å². The van der Waals surface area contributed by atoms with Crippen molar-refractivity contribution in [2.24, 2.45) is 16.6 Å². The van der Waals surface area contributed by atoms with Crippen LogP contribution in [0, 0.1) is 5.92 Å². The van der Waals surface area contributed by atoms with E-state index in [0.29, 0.717) is 5.92 Å². The van der Waals surface area contributed by atoms with Gasteiger partial charge in [0.1, 0.15) is 0 Å². The minimum atomic E-state index is -0.682. The molecular weight excluding hydrogens is 168 g/mol. The van der Waals surface area contributed by atoms with Crippen LogP contribution in [0.1, 0.15) is 32.6 Å². The molecule has 2 unspecified atom stereocenters. The van der Waals surface area contributed by atoms with Gasteiger partial charge in [0.2, 0.25) is 0 Å². The number of aliphatic imine (C=N–C) groups is 1. The topological polar surface area (TPSA) is 64.7 Å². The molecule has 2 rings (SSSR count). The smallest absolute Gasteiger partial charge is 0.294 e. The summed E-state index contributed by atoms with van der Waals surface area (Å²) in [6.07, 6.45) is 3.81. The average Bonchev–Trinajstić information content (AvgIpc) is 2.59. The highest BCUT2D eigenvalue weighted by atomic mass is 16.5. The van der Waals surface area contributed by atoms with E-state index >= 15 is 0 Å². The largest absolute Gasteiger partial charge is 0.448 e. The van der Waals surface area contributed by atoms with Crippen molar-refractivity contribution in [3.63, 3.8) is 0 Å². The van der Waals surface area contributed by atoms with Gasteiger partial charge in [-0.1, -0.05) is 6.92 Å². The normalized spacial score (nSPS) is 38.1. The molecule has 0 bridgehead atoms. The van der Waals surface area contributed by atoms with Gasteiger partial charge >= 0.3 is 0 Å². The van der Waals surface area contributed by atoms with Gasteiger partial charge in [-0.3, -0.25) is 4.79 Å². The molecule has 1 amide bonds. The van der Waals surface area contributed by atoms with Crippen molar-refractivity contribution in [2.45, 2.75) is 38.2 Å². The van der Waals surface area contributed by atoms with Crippen molar-refractivity contribution in [1.29, 1.82) is 0 Å². The number of hydrogen-bond donors (Lipinski definition) is 1. The van der Waals surface area contributed by atoms with Crippen LogP contribution in [0.25, 0.3) is 0 Å². The predicted molar refractivity (Wildman–Crippen MR) is 48.1 cm³/mol. The van der Waals surface area contributed by atoms with Gasteiger partial charge < -0.3 is 10.5 Å². The first-order chi connectivity index (χ1) is 6.19. The number of rotatable bonds is 1. The van der Waals surface area contributed by atoms with Crippen LogP contribution in [0.15, 0.2) is 4.99 Å². The van der Waals surface area contributed by atoms with E-state index in [0.717, 1.165) is 25.7 Å². The third-order valence-electron chi connectivity index (χ3n) is 3.11. The zero-order valence-electron chi connectivity index (χ0n) is 7.75. The Morgan fingerprint density at radius 3 is 3.08 bits per heavy atom. The molecule has 13 heavy (non-hydrogen) atoms. The molecular formula is C9H14N2O2. The van der Waals surface area contributed by atoms with E-state index in [9.17, 15) is 4.79 Å². The molecule has 1 saturated carbocycles. The van der Waals surface area contributed by atoms with E-state index < -0.39 is 5.60 Å². The molecule has 2 N–H and O–H groups in total. The third-order valence-corrected chi connectivity index (χ3v) is 3.11. The zero-order valence-corrected chi connectivity index (χ0v) is 7.75. The molecule has 2 aliphatic rings. The summed E-state index contributed by atoms with van der Waals surface area (Å²) in [5.74, 6) is 0.124. The SMILES string of the molecule is CCC1CCCC12OC(N)=NC2=O. The first kappa shape index (κ1) is 8.53. The lowest BCUT2D eigenvalue weighted by Gasteiger charge is -2.26. The minimum absolute atomic E-state index is 0.0466. The lowest BCUT2D eigenvalue weighted by molar-refractivity contribution is -0.133. The lowest BCUT2D eigenvalue weighted by atomic mass is 9.88. The molecule has 0 aromatic rings. The highest BCUT2D eigenvalue weighted by Crippen LogP contribution is 2.43. The Balaban J connectivity index is 2.27. The number of hydrogen-bond acceptors (Lipinski definition) is 3. The Bertz CT molecular complexity index is 275. The number of ether oxygens (including phenoxy) is 1. The van der Waals surface area contributed by atoms with Gasteiger partial charge in [0.05, 0.1) is 0 Å². The first-order valence-corrected chi connectivity index (χ1v) is 4.76. The summed E-state index contributed by atoms with van der Waals surface area (Å²) in [7, 11) is 0. The van der Waals surface area contributed by atoms with Gasteiger partial charge in [-0.15, -0.1) is 0 Å².